The van der Waals surface area contributed by atoms with Gasteiger partial charge in [0.15, 0.2) is 0 Å². The second-order valence-electron chi connectivity index (χ2n) is 6.02. The molecule has 1 aromatic carbocycles. The Kier molecular flexibility index (Phi) is 5.83. The van der Waals surface area contributed by atoms with E-state index in [0.29, 0.717) is 18.8 Å². The van der Waals surface area contributed by atoms with Gasteiger partial charge in [-0.3, -0.25) is 0 Å². The first kappa shape index (κ1) is 19.4. The van der Waals surface area contributed by atoms with Crippen LogP contribution in [0, 0.1) is 0 Å². The van der Waals surface area contributed by atoms with Gasteiger partial charge in [-0.25, -0.2) is 14.8 Å². The number of ether oxygens (including phenoxy) is 1. The number of aromatic nitrogens is 2. The number of hydrogen-bond acceptors (Lipinski definition) is 4. The van der Waals surface area contributed by atoms with Crippen molar-refractivity contribution in [2.45, 2.75) is 25.1 Å². The highest BCUT2D eigenvalue weighted by atomic mass is 79.9. The first-order valence-electron chi connectivity index (χ1n) is 8.18. The van der Waals surface area contributed by atoms with E-state index >= 15 is 0 Å². The summed E-state index contributed by atoms with van der Waals surface area (Å²) in [6.07, 6.45) is -0.0287. The largest absolute Gasteiger partial charge is 0.458 e. The highest BCUT2D eigenvalue weighted by Gasteiger charge is 2.30. The van der Waals surface area contributed by atoms with Crippen molar-refractivity contribution in [3.8, 4) is 6.01 Å². The molecule has 2 amide bonds. The molecule has 1 aliphatic heterocycles. The Bertz CT molecular complexity index is 784. The van der Waals surface area contributed by atoms with Gasteiger partial charge in [0, 0.05) is 24.6 Å². The molecule has 1 fully saturated rings. The van der Waals surface area contributed by atoms with Gasteiger partial charge in [0.05, 0.1) is 16.6 Å². The monoisotopic (exact) mass is 444 g/mol. The molecule has 2 heterocycles. The predicted molar refractivity (Wildman–Crippen MR) is 95.4 cm³/mol. The van der Waals surface area contributed by atoms with E-state index in [0.717, 1.165) is 29.4 Å². The molecule has 0 unspecified atom stereocenters. The normalized spacial score (nSPS) is 17.5. The number of piperidine rings is 1. The Balaban J connectivity index is 1.57. The average molecular weight is 445 g/mol. The molecular formula is C17H16BrF3N4O2. The number of rotatable bonds is 3. The van der Waals surface area contributed by atoms with E-state index in [2.05, 4.69) is 31.2 Å². The lowest BCUT2D eigenvalue weighted by Gasteiger charge is -2.32. The molecule has 6 nitrogen and oxygen atoms in total. The summed E-state index contributed by atoms with van der Waals surface area (Å²) in [6.45, 7) is 0.874. The minimum absolute atomic E-state index is 0.230. The number of anilines is 1. The van der Waals surface area contributed by atoms with Gasteiger partial charge in [-0.15, -0.1) is 0 Å². The number of nitrogens with one attached hydrogen (secondary N) is 1. The molecule has 0 saturated carbocycles. The van der Waals surface area contributed by atoms with E-state index in [9.17, 15) is 18.0 Å². The van der Waals surface area contributed by atoms with Crippen LogP contribution in [0.5, 0.6) is 6.01 Å². The van der Waals surface area contributed by atoms with Gasteiger partial charge in [-0.1, -0.05) is 0 Å². The zero-order valence-electron chi connectivity index (χ0n) is 14.0. The fourth-order valence-electron chi connectivity index (χ4n) is 2.67. The summed E-state index contributed by atoms with van der Waals surface area (Å²) in [6, 6.07) is 4.17. The molecule has 0 radical (unpaired) electrons. The number of likely N-dealkylation sites (tertiary alicyclic amines) is 1. The third kappa shape index (κ3) is 5.31. The van der Waals surface area contributed by atoms with E-state index in [1.54, 1.807) is 17.3 Å². The van der Waals surface area contributed by atoms with Gasteiger partial charge in [0.2, 0.25) is 0 Å². The number of amides is 2. The Hall–Kier alpha value is -2.36. The summed E-state index contributed by atoms with van der Waals surface area (Å²) in [5.74, 6) is 0. The van der Waals surface area contributed by atoms with Crippen molar-refractivity contribution >= 4 is 27.6 Å². The summed E-state index contributed by atoms with van der Waals surface area (Å²) in [5, 5.41) is 2.61. The predicted octanol–water partition coefficient (Wildman–Crippen LogP) is 4.33. The van der Waals surface area contributed by atoms with Gasteiger partial charge >= 0.3 is 18.2 Å². The van der Waals surface area contributed by atoms with Crippen LogP contribution in [-0.4, -0.2) is 40.1 Å². The third-order valence-electron chi connectivity index (χ3n) is 4.00. The molecule has 1 saturated heterocycles. The Morgan fingerprint density at radius 3 is 2.52 bits per heavy atom. The van der Waals surface area contributed by atoms with Crippen LogP contribution >= 0.6 is 15.9 Å². The van der Waals surface area contributed by atoms with Crippen LogP contribution in [0.15, 0.2) is 41.1 Å². The second-order valence-corrected chi connectivity index (χ2v) is 6.93. The minimum atomic E-state index is -4.41. The second kappa shape index (κ2) is 8.12. The number of halogens is 4. The minimum Gasteiger partial charge on any atom is -0.458 e. The van der Waals surface area contributed by atoms with Crippen LogP contribution in [0.4, 0.5) is 23.7 Å². The molecule has 1 atom stereocenters. The summed E-state index contributed by atoms with van der Waals surface area (Å²) in [7, 11) is 0. The average Bonchev–Trinajstić information content (AvgIpc) is 2.63. The van der Waals surface area contributed by atoms with E-state index < -0.39 is 11.7 Å². The topological polar surface area (TPSA) is 67.4 Å². The van der Waals surface area contributed by atoms with Crippen molar-refractivity contribution in [3.63, 3.8) is 0 Å². The molecule has 10 heteroatoms. The number of nitrogens with zero attached hydrogens (tertiary/aromatic N) is 3. The van der Waals surface area contributed by atoms with Gasteiger partial charge in [0.1, 0.15) is 6.10 Å². The fraction of sp³-hybridized carbons (Fsp3) is 0.353. The molecule has 2 aromatic rings. The first-order chi connectivity index (χ1) is 12.8. The van der Waals surface area contributed by atoms with Crippen molar-refractivity contribution < 1.29 is 22.7 Å². The first-order valence-corrected chi connectivity index (χ1v) is 8.98. The Morgan fingerprint density at radius 1 is 1.22 bits per heavy atom. The molecule has 0 aliphatic carbocycles. The lowest BCUT2D eigenvalue weighted by molar-refractivity contribution is -0.137. The molecule has 1 aliphatic rings. The zero-order chi connectivity index (χ0) is 19.4. The van der Waals surface area contributed by atoms with Crippen molar-refractivity contribution in [2.24, 2.45) is 0 Å². The van der Waals surface area contributed by atoms with Crippen molar-refractivity contribution in [1.29, 1.82) is 0 Å². The van der Waals surface area contributed by atoms with Crippen molar-refractivity contribution in [2.75, 3.05) is 18.4 Å². The van der Waals surface area contributed by atoms with E-state index in [4.69, 9.17) is 4.74 Å². The Morgan fingerprint density at radius 2 is 1.89 bits per heavy atom. The summed E-state index contributed by atoms with van der Waals surface area (Å²) in [5.41, 5.74) is -0.464. The van der Waals surface area contributed by atoms with E-state index in [1.807, 2.05) is 0 Å². The van der Waals surface area contributed by atoms with Crippen LogP contribution in [0.3, 0.4) is 0 Å². The quantitative estimate of drug-likeness (QED) is 0.764. The highest BCUT2D eigenvalue weighted by Crippen LogP contribution is 2.30. The number of carbonyl (C=O) groups is 1. The Labute approximate surface area is 161 Å². The number of benzene rings is 1. The SMILES string of the molecule is O=C(Nc1ccc(C(F)(F)F)cc1)N1CCC[C@H](Oc2ncc(Br)cn2)C1. The molecule has 0 spiro atoms. The van der Waals surface area contributed by atoms with Crippen molar-refractivity contribution in [3.05, 3.63) is 46.7 Å². The number of carbonyl (C=O) groups excluding carboxylic acids is 1. The van der Waals surface area contributed by atoms with Gasteiger partial charge in [-0.05, 0) is 53.0 Å². The smallest absolute Gasteiger partial charge is 0.416 e. The lowest BCUT2D eigenvalue weighted by atomic mass is 10.1. The number of hydrogen-bond donors (Lipinski definition) is 1. The molecule has 0 bridgehead atoms. The van der Waals surface area contributed by atoms with Crippen molar-refractivity contribution in [1.82, 2.24) is 14.9 Å². The zero-order valence-corrected chi connectivity index (χ0v) is 15.6. The van der Waals surface area contributed by atoms with Crippen LogP contribution < -0.4 is 10.1 Å². The molecule has 3 rings (SSSR count). The van der Waals surface area contributed by atoms with Crippen LogP contribution in [0.25, 0.3) is 0 Å². The molecule has 1 N–H and O–H groups in total. The molecule has 1 aromatic heterocycles. The van der Waals surface area contributed by atoms with Gasteiger partial charge in [-0.2, -0.15) is 13.2 Å². The number of urea groups is 1. The third-order valence-corrected chi connectivity index (χ3v) is 4.41. The maximum atomic E-state index is 12.6. The maximum Gasteiger partial charge on any atom is 0.416 e. The standard InChI is InChI=1S/C17H16BrF3N4O2/c18-12-8-22-15(23-9-12)27-14-2-1-7-25(10-14)16(26)24-13-5-3-11(4-6-13)17(19,20)21/h3-6,8-9,14H,1-2,7,10H2,(H,24,26)/t14-/m0/s1. The van der Waals surface area contributed by atoms with Crippen LogP contribution in [0.1, 0.15) is 18.4 Å². The molecule has 27 heavy (non-hydrogen) atoms. The fourth-order valence-corrected chi connectivity index (χ4v) is 2.88. The van der Waals surface area contributed by atoms with Gasteiger partial charge in [0.25, 0.3) is 0 Å². The maximum absolute atomic E-state index is 12.6. The summed E-state index contributed by atoms with van der Waals surface area (Å²) < 4.78 is 44.2. The molecular weight excluding hydrogens is 429 g/mol. The van der Waals surface area contributed by atoms with E-state index in [1.165, 1.54) is 12.1 Å². The lowest BCUT2D eigenvalue weighted by Crippen LogP contribution is -2.46. The van der Waals surface area contributed by atoms with Crippen LogP contribution in [0.2, 0.25) is 0 Å². The van der Waals surface area contributed by atoms with E-state index in [-0.39, 0.29) is 18.1 Å². The summed E-state index contributed by atoms with van der Waals surface area (Å²) >= 11 is 3.24. The van der Waals surface area contributed by atoms with Crippen LogP contribution in [-0.2, 0) is 6.18 Å². The highest BCUT2D eigenvalue weighted by molar-refractivity contribution is 9.10. The number of alkyl halides is 3. The van der Waals surface area contributed by atoms with Gasteiger partial charge < -0.3 is 15.0 Å². The molecule has 144 valence electrons. The summed E-state index contributed by atoms with van der Waals surface area (Å²) in [4.78, 5) is 22.0.